The molecule has 0 bridgehead atoms. The Morgan fingerprint density at radius 3 is 2.78 bits per heavy atom. The summed E-state index contributed by atoms with van der Waals surface area (Å²) >= 11 is 0. The molecule has 0 fully saturated rings. The first-order chi connectivity index (χ1) is 13.0. The largest absolute Gasteiger partial charge is 0.327 e. The van der Waals surface area contributed by atoms with Crippen molar-refractivity contribution in [1.82, 2.24) is 14.5 Å². The first-order valence-electron chi connectivity index (χ1n) is 8.84. The van der Waals surface area contributed by atoms with Gasteiger partial charge in [0.05, 0.1) is 23.1 Å². The van der Waals surface area contributed by atoms with Gasteiger partial charge in [-0.2, -0.15) is 0 Å². The van der Waals surface area contributed by atoms with E-state index in [0.717, 1.165) is 42.2 Å². The Bertz CT molecular complexity index is 981. The summed E-state index contributed by atoms with van der Waals surface area (Å²) in [7, 11) is 0. The molecular formula is C21H21F2N3O. The molecule has 1 amide bonds. The second-order valence-corrected chi connectivity index (χ2v) is 6.27. The van der Waals surface area contributed by atoms with E-state index in [1.54, 1.807) is 6.08 Å². The second kappa shape index (κ2) is 8.12. The number of aryl methyl sites for hydroxylation is 1. The van der Waals surface area contributed by atoms with Crippen LogP contribution in [-0.2, 0) is 13.1 Å². The zero-order valence-corrected chi connectivity index (χ0v) is 15.2. The smallest absolute Gasteiger partial charge is 0.257 e. The van der Waals surface area contributed by atoms with Crippen LogP contribution in [-0.4, -0.2) is 26.9 Å². The maximum absolute atomic E-state index is 14.1. The maximum Gasteiger partial charge on any atom is 0.257 e. The average Bonchev–Trinajstić information content (AvgIpc) is 3.00. The maximum atomic E-state index is 14.1. The number of nitrogens with zero attached hydrogens (tertiary/aromatic N) is 3. The van der Waals surface area contributed by atoms with Crippen LogP contribution >= 0.6 is 0 Å². The van der Waals surface area contributed by atoms with E-state index in [2.05, 4.69) is 23.1 Å². The summed E-state index contributed by atoms with van der Waals surface area (Å²) in [6, 6.07) is 10.6. The average molecular weight is 369 g/mol. The third-order valence-electron chi connectivity index (χ3n) is 4.31. The summed E-state index contributed by atoms with van der Waals surface area (Å²) in [6.45, 7) is 6.86. The molecule has 2 aromatic carbocycles. The topological polar surface area (TPSA) is 38.1 Å². The number of carbonyl (C=O) groups excluding carboxylic acids is 1. The number of aromatic nitrogens is 2. The first-order valence-corrected chi connectivity index (χ1v) is 8.84. The van der Waals surface area contributed by atoms with Crippen molar-refractivity contribution >= 4 is 16.9 Å². The number of carbonyl (C=O) groups is 1. The Morgan fingerprint density at radius 1 is 1.26 bits per heavy atom. The molecule has 0 aliphatic rings. The number of rotatable bonds is 7. The van der Waals surface area contributed by atoms with Crippen LogP contribution in [0.25, 0.3) is 11.0 Å². The van der Waals surface area contributed by atoms with Crippen LogP contribution in [0.3, 0.4) is 0 Å². The lowest BCUT2D eigenvalue weighted by Crippen LogP contribution is -2.32. The zero-order chi connectivity index (χ0) is 19.4. The molecule has 3 rings (SSSR count). The standard InChI is InChI=1S/C21H21F2N3O/c1-3-11-25(21(27)16-13-15(22)9-10-17(16)23)14-20-24-18-7-5-6-8-19(18)26(20)12-4-2/h3,5-10,13H,1,4,11-12,14H2,2H3. The van der Waals surface area contributed by atoms with Crippen LogP contribution in [0.5, 0.6) is 0 Å². The highest BCUT2D eigenvalue weighted by Gasteiger charge is 2.22. The highest BCUT2D eigenvalue weighted by atomic mass is 19.1. The molecule has 0 aliphatic heterocycles. The van der Waals surface area contributed by atoms with Crippen molar-refractivity contribution in [1.29, 1.82) is 0 Å². The van der Waals surface area contributed by atoms with Crippen molar-refractivity contribution in [2.75, 3.05) is 6.54 Å². The number of amides is 1. The molecule has 0 aliphatic carbocycles. The third-order valence-corrected chi connectivity index (χ3v) is 4.31. The van der Waals surface area contributed by atoms with Crippen LogP contribution in [0.2, 0.25) is 0 Å². The number of hydrogen-bond donors (Lipinski definition) is 0. The molecule has 27 heavy (non-hydrogen) atoms. The lowest BCUT2D eigenvalue weighted by Gasteiger charge is -2.22. The molecule has 4 nitrogen and oxygen atoms in total. The minimum Gasteiger partial charge on any atom is -0.327 e. The molecule has 0 unspecified atom stereocenters. The molecule has 0 saturated carbocycles. The Morgan fingerprint density at radius 2 is 2.04 bits per heavy atom. The van der Waals surface area contributed by atoms with E-state index in [9.17, 15) is 13.6 Å². The second-order valence-electron chi connectivity index (χ2n) is 6.27. The summed E-state index contributed by atoms with van der Waals surface area (Å²) in [5.74, 6) is -1.30. The molecule has 0 radical (unpaired) electrons. The number of fused-ring (bicyclic) bond motifs is 1. The fourth-order valence-electron chi connectivity index (χ4n) is 3.10. The van der Waals surface area contributed by atoms with Crippen molar-refractivity contribution in [3.05, 3.63) is 78.1 Å². The number of benzene rings is 2. The van der Waals surface area contributed by atoms with Gasteiger partial charge in [0.1, 0.15) is 17.5 Å². The lowest BCUT2D eigenvalue weighted by molar-refractivity contribution is 0.0752. The molecule has 0 N–H and O–H groups in total. The van der Waals surface area contributed by atoms with Gasteiger partial charge in [0.25, 0.3) is 5.91 Å². The highest BCUT2D eigenvalue weighted by molar-refractivity contribution is 5.94. The molecule has 0 saturated heterocycles. The van der Waals surface area contributed by atoms with Gasteiger partial charge in [-0.1, -0.05) is 25.1 Å². The van der Waals surface area contributed by atoms with E-state index >= 15 is 0 Å². The summed E-state index contributed by atoms with van der Waals surface area (Å²) < 4.78 is 29.6. The fourth-order valence-corrected chi connectivity index (χ4v) is 3.10. The van der Waals surface area contributed by atoms with Gasteiger partial charge in [-0.05, 0) is 36.8 Å². The normalized spacial score (nSPS) is 10.9. The van der Waals surface area contributed by atoms with Gasteiger partial charge in [-0.25, -0.2) is 13.8 Å². The van der Waals surface area contributed by atoms with Gasteiger partial charge >= 0.3 is 0 Å². The molecule has 1 heterocycles. The summed E-state index contributed by atoms with van der Waals surface area (Å²) in [6.07, 6.45) is 2.46. The van der Waals surface area contributed by atoms with Crippen molar-refractivity contribution in [3.8, 4) is 0 Å². The van der Waals surface area contributed by atoms with Crippen molar-refractivity contribution in [2.45, 2.75) is 26.4 Å². The van der Waals surface area contributed by atoms with E-state index in [1.807, 2.05) is 24.3 Å². The van der Waals surface area contributed by atoms with Crippen LogP contribution < -0.4 is 0 Å². The Balaban J connectivity index is 1.98. The van der Waals surface area contributed by atoms with Crippen LogP contribution in [0.15, 0.2) is 55.1 Å². The monoisotopic (exact) mass is 369 g/mol. The van der Waals surface area contributed by atoms with Crippen molar-refractivity contribution in [2.24, 2.45) is 0 Å². The summed E-state index contributed by atoms with van der Waals surface area (Å²) in [4.78, 5) is 18.9. The predicted octanol–water partition coefficient (Wildman–Crippen LogP) is 4.55. The van der Waals surface area contributed by atoms with E-state index in [1.165, 1.54) is 4.90 Å². The molecule has 6 heteroatoms. The van der Waals surface area contributed by atoms with Gasteiger partial charge < -0.3 is 9.47 Å². The van der Waals surface area contributed by atoms with E-state index in [0.29, 0.717) is 5.82 Å². The van der Waals surface area contributed by atoms with Gasteiger partial charge in [0, 0.05) is 13.1 Å². The summed E-state index contributed by atoms with van der Waals surface area (Å²) in [5, 5.41) is 0. The SMILES string of the molecule is C=CCN(Cc1nc2ccccc2n1CCC)C(=O)c1cc(F)ccc1F. The Kier molecular flexibility index (Phi) is 5.64. The minimum atomic E-state index is -0.752. The molecule has 3 aromatic rings. The van der Waals surface area contributed by atoms with Gasteiger partial charge in [-0.15, -0.1) is 6.58 Å². The quantitative estimate of drug-likeness (QED) is 0.573. The van der Waals surface area contributed by atoms with E-state index < -0.39 is 17.5 Å². The fraction of sp³-hybridized carbons (Fsp3) is 0.238. The molecule has 0 spiro atoms. The molecule has 140 valence electrons. The highest BCUT2D eigenvalue weighted by Crippen LogP contribution is 2.20. The van der Waals surface area contributed by atoms with Crippen LogP contribution in [0.1, 0.15) is 29.5 Å². The van der Waals surface area contributed by atoms with Crippen molar-refractivity contribution in [3.63, 3.8) is 0 Å². The molecular weight excluding hydrogens is 348 g/mol. The van der Waals surface area contributed by atoms with Gasteiger partial charge in [0.15, 0.2) is 0 Å². The van der Waals surface area contributed by atoms with Crippen LogP contribution in [0.4, 0.5) is 8.78 Å². The van der Waals surface area contributed by atoms with Gasteiger partial charge in [-0.3, -0.25) is 4.79 Å². The third kappa shape index (κ3) is 3.89. The minimum absolute atomic E-state index is 0.176. The number of para-hydroxylation sites is 2. The van der Waals surface area contributed by atoms with Gasteiger partial charge in [0.2, 0.25) is 0 Å². The molecule has 0 atom stereocenters. The summed E-state index contributed by atoms with van der Waals surface area (Å²) in [5.41, 5.74) is 1.52. The van der Waals surface area contributed by atoms with E-state index in [4.69, 9.17) is 0 Å². The number of imidazole rings is 1. The lowest BCUT2D eigenvalue weighted by atomic mass is 10.1. The van der Waals surface area contributed by atoms with Crippen molar-refractivity contribution < 1.29 is 13.6 Å². The Hall–Kier alpha value is -3.02. The number of halogens is 2. The van der Waals surface area contributed by atoms with Crippen LogP contribution in [0, 0.1) is 11.6 Å². The first kappa shape index (κ1) is 18.8. The Labute approximate surface area is 156 Å². The number of hydrogen-bond acceptors (Lipinski definition) is 2. The van der Waals surface area contributed by atoms with E-state index in [-0.39, 0.29) is 18.7 Å². The molecule has 1 aromatic heterocycles. The predicted molar refractivity (Wildman–Crippen MR) is 101 cm³/mol. The zero-order valence-electron chi connectivity index (χ0n) is 15.2.